The molecule has 24 nitrogen and oxygen atoms in total. The van der Waals surface area contributed by atoms with Gasteiger partial charge in [-0.05, 0) is 187 Å². The van der Waals surface area contributed by atoms with Crippen molar-refractivity contribution >= 4 is 261 Å². The summed E-state index contributed by atoms with van der Waals surface area (Å²) in [6.45, 7) is 57.8. The van der Waals surface area contributed by atoms with E-state index >= 15 is 0 Å². The van der Waals surface area contributed by atoms with E-state index in [0.717, 1.165) is 137 Å². The van der Waals surface area contributed by atoms with E-state index in [1.807, 2.05) is 158 Å². The van der Waals surface area contributed by atoms with Crippen LogP contribution < -0.4 is 0 Å². The molecule has 0 unspecified atom stereocenters. The highest BCUT2D eigenvalue weighted by Gasteiger charge is 2.25. The Morgan fingerprint density at radius 2 is 0.731 bits per heavy atom. The summed E-state index contributed by atoms with van der Waals surface area (Å²) in [6.07, 6.45) is 4.64. The summed E-state index contributed by atoms with van der Waals surface area (Å²) in [5.74, 6) is 3.29. The Morgan fingerprint density at radius 3 is 1.05 bits per heavy atom. The van der Waals surface area contributed by atoms with Gasteiger partial charge in [0.2, 0.25) is 0 Å². The molecule has 0 aliphatic rings. The van der Waals surface area contributed by atoms with Crippen molar-refractivity contribution < 1.29 is 70.1 Å². The molecule has 0 saturated carbocycles. The van der Waals surface area contributed by atoms with Crippen LogP contribution in [0.4, 0.5) is 9.59 Å². The third kappa shape index (κ3) is 53.2. The number of carbonyl (C=O) groups is 5. The summed E-state index contributed by atoms with van der Waals surface area (Å²) >= 11 is 26.3. The summed E-state index contributed by atoms with van der Waals surface area (Å²) in [6, 6.07) is 9.63. The molecule has 0 aliphatic carbocycles. The number of carbonyl (C=O) groups excluding carboxylic acids is 5. The topological polar surface area (TPSA) is 309 Å². The van der Waals surface area contributed by atoms with Gasteiger partial charge in [0.05, 0.1) is 103 Å². The third-order valence-corrected chi connectivity index (χ3v) is 42.5. The number of methoxy groups -OCH3 is 1. The first-order chi connectivity index (χ1) is 61.3. The molecule has 0 bridgehead atoms. The average molecular weight is 2180 g/mol. The third-order valence-electron chi connectivity index (χ3n) is 16.0. The van der Waals surface area contributed by atoms with Crippen LogP contribution in [-0.4, -0.2) is 166 Å². The number of hydrogen-bond donors (Lipinski definition) is 0. The lowest BCUT2D eigenvalue weighted by Crippen LogP contribution is -2.06. The van der Waals surface area contributed by atoms with E-state index < -0.39 is 15.2 Å². The number of benzene rings is 1. The van der Waals surface area contributed by atoms with E-state index in [2.05, 4.69) is 112 Å². The predicted molar refractivity (Wildman–Crippen MR) is 568 cm³/mol. The van der Waals surface area contributed by atoms with Crippen LogP contribution in [0.2, 0.25) is 0 Å². The van der Waals surface area contributed by atoms with Crippen molar-refractivity contribution in [3.05, 3.63) is 144 Å². The SMILES string of the molecule is C=CCSc1nc(C)c(C)s1.CCC(=O)Sc1nc(C)c(C)s1.CCOC(=O)CSc1nc(C)c(C)s1.CCOC(=O)Sc1nc(C)c(C)s1.CCOP(=O)(CCSc1nc(C)c(C)s1)OCC.COC(=O)CCCSc1nc(C)c(C)s1.COP(=O)(CCSc1nc(C)c(C)s1)OC.Cc1nc(SC(=O)OCc2ccccc2)sc1C.Cc1nc(SSC(C)(C)C)sc1C. The van der Waals surface area contributed by atoms with E-state index in [4.69, 9.17) is 32.3 Å². The molecule has 10 aromatic rings. The molecule has 0 radical (unpaired) electrons. The second-order valence-corrected chi connectivity index (χ2v) is 56.2. The molecule has 9 aromatic heterocycles. The smallest absolute Gasteiger partial charge is 0.374 e. The summed E-state index contributed by atoms with van der Waals surface area (Å²) in [7, 11) is 2.13. The maximum Gasteiger partial charge on any atom is 0.374 e. The van der Waals surface area contributed by atoms with Crippen molar-refractivity contribution in [2.75, 3.05) is 88.8 Å². The molecule has 0 aliphatic heterocycles. The Labute approximate surface area is 848 Å². The van der Waals surface area contributed by atoms with Crippen LogP contribution >= 0.6 is 233 Å². The first-order valence-corrected chi connectivity index (χ1v) is 61.0. The zero-order valence-electron chi connectivity index (χ0n) is 79.6. The van der Waals surface area contributed by atoms with E-state index in [9.17, 15) is 33.1 Å². The fourth-order valence-electron chi connectivity index (χ4n) is 8.07. The zero-order valence-corrected chi connectivity index (χ0v) is 96.9. The molecule has 0 saturated heterocycles. The number of rotatable bonds is 35. The minimum atomic E-state index is -2.91. The van der Waals surface area contributed by atoms with Crippen LogP contribution in [-0.2, 0) is 67.2 Å². The van der Waals surface area contributed by atoms with Crippen LogP contribution in [0.1, 0.15) is 175 Å². The molecule has 0 amide bonds. The Morgan fingerprint density at radius 1 is 0.400 bits per heavy atom. The lowest BCUT2D eigenvalue weighted by Gasteiger charge is -2.16. The summed E-state index contributed by atoms with van der Waals surface area (Å²) in [5, 5.41) is -0.410. The predicted octanol–water partition coefficient (Wildman–Crippen LogP) is 30.0. The number of ether oxygens (including phenoxy) is 4. The summed E-state index contributed by atoms with van der Waals surface area (Å²) in [4.78, 5) is 106. The normalized spacial score (nSPS) is 10.9. The number of thiazole rings is 9. The van der Waals surface area contributed by atoms with Crippen molar-refractivity contribution in [2.24, 2.45) is 0 Å². The lowest BCUT2D eigenvalue weighted by molar-refractivity contribution is -0.141. The van der Waals surface area contributed by atoms with E-state index in [1.165, 1.54) is 112 Å². The highest BCUT2D eigenvalue weighted by Crippen LogP contribution is 2.50. The van der Waals surface area contributed by atoms with Gasteiger partial charge in [0.25, 0.3) is 0 Å². The standard InChI is InChI=1S/C13H13NO2S2.C11H20NO3PS2.C10H15NO2S2.C9H16NO3PS2.C9H13NO2S2.C9H15NS3.C8H11NO2S2.C8H11NOS2.C8H11NS2/c1-9-10(2)17-12(14-9)18-13(15)16-8-11-6-4-3-5-7-11;1-5-14-16(13,15-6-2)7-8-17-11-12-9(3)10(4)18-11;1-7-8(2)15-10(11-7)14-6-4-5-9(12)13-3;1-7-8(2)16-9(10-7)15-6-5-14(11,12-3)13-4;1-4-12-8(11)5-13-9-10-6(2)7(3)14-9;1-6-7(2)11-8(10-6)12-13-9(3,4)5;1-4-11-8(10)13-7-9-5(2)6(3)12-7;1-4-7(10)12-8-9-5(2)6(3)11-8;1-4-5-10-8-9-6(2)7(3)11-8/h3-7H,8H2,1-2H3;5-8H2,1-4H3;4-6H2,1-3H3;5-6H2,1-4H3;4-5H2,1-3H3;1-5H3;4H2,1-3H3;4H2,1-3H3;4H,1,5H2,2-3H3. The van der Waals surface area contributed by atoms with Crippen molar-refractivity contribution in [3.63, 3.8) is 0 Å². The van der Waals surface area contributed by atoms with Crippen molar-refractivity contribution in [2.45, 2.75) is 250 Å². The van der Waals surface area contributed by atoms with Crippen molar-refractivity contribution in [3.8, 4) is 0 Å². The molecule has 724 valence electrons. The molecule has 45 heteroatoms. The lowest BCUT2D eigenvalue weighted by atomic mass is 10.2. The molecular formula is C85H125N9O15P2S19. The molecular weight excluding hydrogens is 2060 g/mol. The Kier molecular flexibility index (Phi) is 63.7. The van der Waals surface area contributed by atoms with Crippen LogP contribution in [0.25, 0.3) is 0 Å². The van der Waals surface area contributed by atoms with Gasteiger partial charge in [-0.2, -0.15) is 0 Å². The highest BCUT2D eigenvalue weighted by atomic mass is 33.1. The largest absolute Gasteiger partial charge is 0.469 e. The average Bonchev–Trinajstić information content (AvgIpc) is 1.77. The quantitative estimate of drug-likeness (QED) is 0.00677. The van der Waals surface area contributed by atoms with Crippen LogP contribution in [0.3, 0.4) is 0 Å². The van der Waals surface area contributed by atoms with E-state index in [1.54, 1.807) is 151 Å². The minimum Gasteiger partial charge on any atom is -0.469 e. The molecule has 10 rings (SSSR count). The first kappa shape index (κ1) is 123. The fourth-order valence-corrected chi connectivity index (χ4v) is 31.0. The second kappa shape index (κ2) is 67.3. The maximum atomic E-state index is 12.2. The van der Waals surface area contributed by atoms with Crippen molar-refractivity contribution in [1.29, 1.82) is 0 Å². The van der Waals surface area contributed by atoms with Gasteiger partial charge >= 0.3 is 37.7 Å². The molecule has 1 aromatic carbocycles. The molecule has 0 spiro atoms. The van der Waals surface area contributed by atoms with Gasteiger partial charge in [0.15, 0.2) is 31.2 Å². The number of hydrogen-bond acceptors (Lipinski definition) is 43. The maximum absolute atomic E-state index is 12.2. The number of nitrogens with zero attached hydrogens (tertiary/aromatic N) is 9. The Balaban J connectivity index is 0.000000497. The minimum absolute atomic E-state index is 0.137. The molecule has 130 heavy (non-hydrogen) atoms. The Bertz CT molecular complexity index is 4920. The summed E-state index contributed by atoms with van der Waals surface area (Å²) < 4.78 is 72.5. The van der Waals surface area contributed by atoms with E-state index in [0.29, 0.717) is 80.2 Å². The number of aromatic nitrogens is 9. The van der Waals surface area contributed by atoms with E-state index in [-0.39, 0.29) is 27.7 Å². The first-order valence-electron chi connectivity index (χ1n) is 40.6. The van der Waals surface area contributed by atoms with Gasteiger partial charge in [-0.15, -0.1) is 109 Å². The molecule has 0 fully saturated rings. The molecule has 0 N–H and O–H groups in total. The molecule has 9 heterocycles. The van der Waals surface area contributed by atoms with Gasteiger partial charge in [-0.3, -0.25) is 23.5 Å². The van der Waals surface area contributed by atoms with Crippen molar-refractivity contribution in [1.82, 2.24) is 44.9 Å². The zero-order chi connectivity index (χ0) is 97.9. The van der Waals surface area contributed by atoms with Gasteiger partial charge in [-0.1, -0.05) is 134 Å². The van der Waals surface area contributed by atoms with Crippen LogP contribution in [0, 0.1) is 125 Å². The van der Waals surface area contributed by atoms with Crippen LogP contribution in [0.15, 0.2) is 82.0 Å². The van der Waals surface area contributed by atoms with Crippen LogP contribution in [0.5, 0.6) is 0 Å². The van der Waals surface area contributed by atoms with Gasteiger partial charge in [0.1, 0.15) is 19.6 Å². The highest BCUT2D eigenvalue weighted by molar-refractivity contribution is 8.77. The van der Waals surface area contributed by atoms with Gasteiger partial charge < -0.3 is 37.0 Å². The second-order valence-electron chi connectivity index (χ2n) is 27.4. The molecule has 0 atom stereocenters. The number of esters is 2. The monoisotopic (exact) mass is 2180 g/mol. The van der Waals surface area contributed by atoms with Gasteiger partial charge in [-0.25, -0.2) is 54.4 Å². The number of thioether (sulfide) groups is 8. The fraction of sp³-hybridized carbons (Fsp3) is 0.529. The summed E-state index contributed by atoms with van der Waals surface area (Å²) in [5.41, 5.74) is 10.6. The Hall–Kier alpha value is -3.02. The van der Waals surface area contributed by atoms with Gasteiger partial charge in [0, 0.05) is 122 Å². The number of aryl methyl sites for hydroxylation is 18.